The number of rotatable bonds is 7. The molecule has 0 bridgehead atoms. The third-order valence-electron chi connectivity index (χ3n) is 2.67. The molecule has 2 N–H and O–H groups in total. The number of carboxylic acid groups (broad SMARTS) is 1. The number of ether oxygens (including phenoxy) is 1. The maximum atomic E-state index is 11.5. The van der Waals surface area contributed by atoms with Crippen molar-refractivity contribution in [3.63, 3.8) is 0 Å². The quantitative estimate of drug-likeness (QED) is 0.642. The van der Waals surface area contributed by atoms with Crippen molar-refractivity contribution in [3.05, 3.63) is 0 Å². The molecular formula is C11H20N2O4. The Kier molecular flexibility index (Phi) is 5.93. The summed E-state index contributed by atoms with van der Waals surface area (Å²) in [5.41, 5.74) is 0. The topological polar surface area (TPSA) is 78.9 Å². The molecule has 0 aliphatic carbocycles. The van der Waals surface area contributed by atoms with E-state index in [-0.39, 0.29) is 25.0 Å². The van der Waals surface area contributed by atoms with Gasteiger partial charge in [0, 0.05) is 19.7 Å². The lowest BCUT2D eigenvalue weighted by Crippen LogP contribution is -2.39. The van der Waals surface area contributed by atoms with Gasteiger partial charge in [0.2, 0.25) is 5.91 Å². The first-order valence-corrected chi connectivity index (χ1v) is 5.86. The number of carbonyl (C=O) groups excluding carboxylic acids is 1. The highest BCUT2D eigenvalue weighted by molar-refractivity contribution is 5.78. The summed E-state index contributed by atoms with van der Waals surface area (Å²) < 4.78 is 5.38. The Balaban J connectivity index is 2.08. The van der Waals surface area contributed by atoms with Gasteiger partial charge in [0.15, 0.2) is 0 Å². The highest BCUT2D eigenvalue weighted by atomic mass is 16.5. The highest BCUT2D eigenvalue weighted by Crippen LogP contribution is 2.10. The number of likely N-dealkylation sites (N-methyl/N-ethyl adjacent to an activating group) is 1. The second-order valence-electron chi connectivity index (χ2n) is 4.32. The van der Waals surface area contributed by atoms with Gasteiger partial charge in [0.1, 0.15) is 0 Å². The molecule has 1 aliphatic heterocycles. The van der Waals surface area contributed by atoms with Gasteiger partial charge in [-0.3, -0.25) is 14.5 Å². The van der Waals surface area contributed by atoms with E-state index >= 15 is 0 Å². The second-order valence-corrected chi connectivity index (χ2v) is 4.32. The molecule has 0 radical (unpaired) electrons. The zero-order valence-corrected chi connectivity index (χ0v) is 10.1. The number of hydrogen-bond acceptors (Lipinski definition) is 4. The molecule has 0 aromatic heterocycles. The van der Waals surface area contributed by atoms with Crippen LogP contribution in [-0.4, -0.2) is 61.3 Å². The summed E-state index contributed by atoms with van der Waals surface area (Å²) in [4.78, 5) is 23.5. The number of hydrogen-bond donors (Lipinski definition) is 2. The van der Waals surface area contributed by atoms with Gasteiger partial charge < -0.3 is 15.2 Å². The molecule has 0 aromatic rings. The van der Waals surface area contributed by atoms with Gasteiger partial charge in [-0.1, -0.05) is 0 Å². The van der Waals surface area contributed by atoms with Crippen LogP contribution in [0.4, 0.5) is 0 Å². The molecule has 1 aliphatic rings. The molecule has 1 rings (SSSR count). The number of nitrogens with one attached hydrogen (secondary N) is 1. The van der Waals surface area contributed by atoms with E-state index < -0.39 is 5.97 Å². The fourth-order valence-electron chi connectivity index (χ4n) is 1.70. The molecular weight excluding hydrogens is 224 g/mol. The van der Waals surface area contributed by atoms with Gasteiger partial charge in [-0.15, -0.1) is 0 Å². The van der Waals surface area contributed by atoms with Crippen molar-refractivity contribution >= 4 is 11.9 Å². The lowest BCUT2D eigenvalue weighted by atomic mass is 10.2. The van der Waals surface area contributed by atoms with Crippen molar-refractivity contribution < 1.29 is 19.4 Å². The SMILES string of the molecule is CN(CCC(=O)O)CC(=O)NCC1CCCO1. The van der Waals surface area contributed by atoms with Crippen molar-refractivity contribution in [1.29, 1.82) is 0 Å². The number of aliphatic carboxylic acids is 1. The van der Waals surface area contributed by atoms with Crippen molar-refractivity contribution in [3.8, 4) is 0 Å². The fraction of sp³-hybridized carbons (Fsp3) is 0.818. The molecule has 0 spiro atoms. The predicted octanol–water partition coefficient (Wildman–Crippen LogP) is -0.312. The molecule has 1 amide bonds. The Morgan fingerprint density at radius 3 is 2.88 bits per heavy atom. The number of nitrogens with zero attached hydrogens (tertiary/aromatic N) is 1. The normalized spacial score (nSPS) is 19.5. The number of carbonyl (C=O) groups is 2. The molecule has 0 aromatic carbocycles. The fourth-order valence-corrected chi connectivity index (χ4v) is 1.70. The Bertz CT molecular complexity index is 264. The van der Waals surface area contributed by atoms with Gasteiger partial charge >= 0.3 is 5.97 Å². The van der Waals surface area contributed by atoms with E-state index in [1.807, 2.05) is 0 Å². The molecule has 1 fully saturated rings. The van der Waals surface area contributed by atoms with Crippen molar-refractivity contribution in [1.82, 2.24) is 10.2 Å². The van der Waals surface area contributed by atoms with Crippen LogP contribution in [0.25, 0.3) is 0 Å². The summed E-state index contributed by atoms with van der Waals surface area (Å²) in [5, 5.41) is 11.3. The first-order chi connectivity index (χ1) is 8.08. The van der Waals surface area contributed by atoms with Crippen molar-refractivity contribution in [2.45, 2.75) is 25.4 Å². The summed E-state index contributed by atoms with van der Waals surface area (Å²) in [6, 6.07) is 0. The lowest BCUT2D eigenvalue weighted by Gasteiger charge is -2.16. The van der Waals surface area contributed by atoms with Crippen LogP contribution in [0.3, 0.4) is 0 Å². The maximum Gasteiger partial charge on any atom is 0.304 e. The van der Waals surface area contributed by atoms with E-state index in [9.17, 15) is 9.59 Å². The van der Waals surface area contributed by atoms with Crippen LogP contribution in [0.5, 0.6) is 0 Å². The molecule has 1 saturated heterocycles. The average Bonchev–Trinajstić information content (AvgIpc) is 2.76. The minimum absolute atomic E-state index is 0.0511. The minimum Gasteiger partial charge on any atom is -0.481 e. The summed E-state index contributed by atoms with van der Waals surface area (Å²) >= 11 is 0. The van der Waals surface area contributed by atoms with Crippen LogP contribution in [0.1, 0.15) is 19.3 Å². The van der Waals surface area contributed by atoms with E-state index in [1.54, 1.807) is 11.9 Å². The molecule has 0 saturated carbocycles. The molecule has 17 heavy (non-hydrogen) atoms. The standard InChI is InChI=1S/C11H20N2O4/c1-13(5-4-11(15)16)8-10(14)12-7-9-3-2-6-17-9/h9H,2-8H2,1H3,(H,12,14)(H,15,16). The third-order valence-corrected chi connectivity index (χ3v) is 2.67. The Hall–Kier alpha value is -1.14. The lowest BCUT2D eigenvalue weighted by molar-refractivity contribution is -0.137. The van der Waals surface area contributed by atoms with Gasteiger partial charge in [-0.2, -0.15) is 0 Å². The zero-order valence-electron chi connectivity index (χ0n) is 10.1. The zero-order chi connectivity index (χ0) is 12.7. The van der Waals surface area contributed by atoms with Crippen LogP contribution in [0.15, 0.2) is 0 Å². The van der Waals surface area contributed by atoms with Gasteiger partial charge in [-0.25, -0.2) is 0 Å². The molecule has 6 heteroatoms. The molecule has 98 valence electrons. The first-order valence-electron chi connectivity index (χ1n) is 5.86. The highest BCUT2D eigenvalue weighted by Gasteiger charge is 2.16. The van der Waals surface area contributed by atoms with Crippen LogP contribution in [0, 0.1) is 0 Å². The van der Waals surface area contributed by atoms with Gasteiger partial charge in [0.25, 0.3) is 0 Å². The average molecular weight is 244 g/mol. The molecule has 1 heterocycles. The minimum atomic E-state index is -0.850. The van der Waals surface area contributed by atoms with E-state index in [0.717, 1.165) is 19.4 Å². The van der Waals surface area contributed by atoms with Crippen LogP contribution in [-0.2, 0) is 14.3 Å². The van der Waals surface area contributed by atoms with Crippen molar-refractivity contribution in [2.24, 2.45) is 0 Å². The summed E-state index contributed by atoms with van der Waals surface area (Å²) in [7, 11) is 1.73. The third kappa shape index (κ3) is 6.23. The largest absolute Gasteiger partial charge is 0.481 e. The number of carboxylic acids is 1. The molecule has 6 nitrogen and oxygen atoms in total. The van der Waals surface area contributed by atoms with Crippen LogP contribution < -0.4 is 5.32 Å². The Morgan fingerprint density at radius 1 is 1.53 bits per heavy atom. The Labute approximate surface area is 101 Å². The van der Waals surface area contributed by atoms with Crippen LogP contribution in [0.2, 0.25) is 0 Å². The smallest absolute Gasteiger partial charge is 0.304 e. The van der Waals surface area contributed by atoms with E-state index in [1.165, 1.54) is 0 Å². The predicted molar refractivity (Wildman–Crippen MR) is 61.7 cm³/mol. The van der Waals surface area contributed by atoms with Gasteiger partial charge in [-0.05, 0) is 19.9 Å². The number of amides is 1. The molecule has 1 atom stereocenters. The maximum absolute atomic E-state index is 11.5. The van der Waals surface area contributed by atoms with Crippen LogP contribution >= 0.6 is 0 Å². The monoisotopic (exact) mass is 244 g/mol. The second kappa shape index (κ2) is 7.24. The van der Waals surface area contributed by atoms with E-state index in [2.05, 4.69) is 5.32 Å². The summed E-state index contributed by atoms with van der Waals surface area (Å²) in [6.07, 6.45) is 2.24. The van der Waals surface area contributed by atoms with Gasteiger partial charge in [0.05, 0.1) is 19.1 Å². The Morgan fingerprint density at radius 2 is 2.29 bits per heavy atom. The van der Waals surface area contributed by atoms with Crippen molar-refractivity contribution in [2.75, 3.05) is 33.3 Å². The summed E-state index contributed by atoms with van der Waals surface area (Å²) in [6.45, 7) is 1.92. The molecule has 1 unspecified atom stereocenters. The summed E-state index contributed by atoms with van der Waals surface area (Å²) in [5.74, 6) is -0.940. The van der Waals surface area contributed by atoms with E-state index in [0.29, 0.717) is 13.1 Å². The van der Waals surface area contributed by atoms with E-state index in [4.69, 9.17) is 9.84 Å². The first kappa shape index (κ1) is 13.9.